The zero-order chi connectivity index (χ0) is 9.72. The first-order chi connectivity index (χ1) is 5.43. The van der Waals surface area contributed by atoms with E-state index >= 15 is 0 Å². The average Bonchev–Trinajstić information content (AvgIpc) is 1.83. The third-order valence-corrected chi connectivity index (χ3v) is 2.22. The van der Waals surface area contributed by atoms with Gasteiger partial charge in [-0.2, -0.15) is 0 Å². The maximum atomic E-state index is 2.36. The Kier molecular flexibility index (Phi) is 5.56. The van der Waals surface area contributed by atoms with Gasteiger partial charge in [0.15, 0.2) is 0 Å². The lowest BCUT2D eigenvalue weighted by Crippen LogP contribution is -2.30. The van der Waals surface area contributed by atoms with Gasteiger partial charge in [-0.1, -0.05) is 27.7 Å². The Morgan fingerprint density at radius 2 is 1.17 bits per heavy atom. The van der Waals surface area contributed by atoms with E-state index < -0.39 is 0 Å². The fourth-order valence-corrected chi connectivity index (χ4v) is 1.61. The molecular weight excluding hydrogens is 146 g/mol. The van der Waals surface area contributed by atoms with Crippen molar-refractivity contribution in [3.63, 3.8) is 0 Å². The topological polar surface area (TPSA) is 3.24 Å². The van der Waals surface area contributed by atoms with E-state index in [1.807, 2.05) is 0 Å². The van der Waals surface area contributed by atoms with Gasteiger partial charge >= 0.3 is 0 Å². The maximum Gasteiger partial charge on any atom is 0.00940 e. The minimum Gasteiger partial charge on any atom is -0.306 e. The van der Waals surface area contributed by atoms with E-state index in [4.69, 9.17) is 0 Å². The molecule has 0 unspecified atom stereocenters. The van der Waals surface area contributed by atoms with Crippen molar-refractivity contribution in [1.82, 2.24) is 4.90 Å². The van der Waals surface area contributed by atoms with Crippen molar-refractivity contribution in [3.05, 3.63) is 0 Å². The second-order valence-electron chi connectivity index (χ2n) is 4.88. The van der Waals surface area contributed by atoms with Gasteiger partial charge in [-0.3, -0.25) is 0 Å². The molecule has 74 valence electrons. The maximum absolute atomic E-state index is 2.36. The molecule has 0 spiro atoms. The number of hydrogen-bond acceptors (Lipinski definition) is 1. The largest absolute Gasteiger partial charge is 0.306 e. The van der Waals surface area contributed by atoms with Gasteiger partial charge in [-0.05, 0) is 38.8 Å². The summed E-state index contributed by atoms with van der Waals surface area (Å²) in [6.07, 6.45) is 2.65. The molecule has 0 N–H and O–H groups in total. The van der Waals surface area contributed by atoms with Crippen LogP contribution >= 0.6 is 0 Å². The van der Waals surface area contributed by atoms with Gasteiger partial charge in [-0.15, -0.1) is 0 Å². The summed E-state index contributed by atoms with van der Waals surface area (Å²) >= 11 is 0. The van der Waals surface area contributed by atoms with Gasteiger partial charge in [0.25, 0.3) is 0 Å². The molecule has 0 heterocycles. The Labute approximate surface area is 78.1 Å². The second kappa shape index (κ2) is 5.58. The molecule has 0 aliphatic heterocycles. The van der Waals surface area contributed by atoms with Crippen LogP contribution in [0, 0.1) is 11.8 Å². The molecule has 1 nitrogen and oxygen atoms in total. The Morgan fingerprint density at radius 3 is 1.33 bits per heavy atom. The fourth-order valence-electron chi connectivity index (χ4n) is 1.61. The van der Waals surface area contributed by atoms with E-state index in [9.17, 15) is 0 Å². The first-order valence-corrected chi connectivity index (χ1v) is 5.10. The van der Waals surface area contributed by atoms with Gasteiger partial charge < -0.3 is 4.90 Å². The van der Waals surface area contributed by atoms with Crippen LogP contribution in [0.25, 0.3) is 0 Å². The Bertz CT molecular complexity index is 95.6. The monoisotopic (exact) mass is 171 g/mol. The van der Waals surface area contributed by atoms with Crippen molar-refractivity contribution in [2.45, 2.75) is 46.6 Å². The van der Waals surface area contributed by atoms with Gasteiger partial charge in [0.2, 0.25) is 0 Å². The molecule has 1 heteroatoms. The van der Waals surface area contributed by atoms with Crippen molar-refractivity contribution in [2.24, 2.45) is 11.8 Å². The molecule has 0 atom stereocenters. The summed E-state index contributed by atoms with van der Waals surface area (Å²) < 4.78 is 0. The molecule has 0 fully saturated rings. The van der Waals surface area contributed by atoms with Crippen LogP contribution in [0.2, 0.25) is 0 Å². The molecule has 0 rings (SSSR count). The normalized spacial score (nSPS) is 12.5. The number of rotatable bonds is 5. The first-order valence-electron chi connectivity index (χ1n) is 5.10. The lowest BCUT2D eigenvalue weighted by molar-refractivity contribution is 0.222. The van der Waals surface area contributed by atoms with Crippen LogP contribution < -0.4 is 0 Å². The summed E-state index contributed by atoms with van der Waals surface area (Å²) in [7, 11) is 4.38. The summed E-state index contributed by atoms with van der Waals surface area (Å²) in [6.45, 7) is 9.21. The molecule has 0 aliphatic rings. The van der Waals surface area contributed by atoms with Crippen LogP contribution in [0.3, 0.4) is 0 Å². The highest BCUT2D eigenvalue weighted by Gasteiger charge is 2.14. The van der Waals surface area contributed by atoms with Crippen LogP contribution in [0.5, 0.6) is 0 Å². The van der Waals surface area contributed by atoms with E-state index in [0.717, 1.165) is 17.9 Å². The van der Waals surface area contributed by atoms with Crippen molar-refractivity contribution in [1.29, 1.82) is 0 Å². The van der Waals surface area contributed by atoms with Gasteiger partial charge in [0.1, 0.15) is 0 Å². The third kappa shape index (κ3) is 5.59. The summed E-state index contributed by atoms with van der Waals surface area (Å²) in [5.74, 6) is 1.63. The summed E-state index contributed by atoms with van der Waals surface area (Å²) in [5, 5.41) is 0. The lowest BCUT2D eigenvalue weighted by Gasteiger charge is -2.27. The average molecular weight is 171 g/mol. The molecule has 0 saturated carbocycles. The fraction of sp³-hybridized carbons (Fsp3) is 1.00. The Balaban J connectivity index is 3.87. The smallest absolute Gasteiger partial charge is 0.00940 e. The van der Waals surface area contributed by atoms with E-state index in [1.54, 1.807) is 0 Å². The molecular formula is C11H25N. The summed E-state index contributed by atoms with van der Waals surface area (Å²) in [6, 6.07) is 0.769. The standard InChI is InChI=1S/C11H25N/c1-9(2)7-11(12(5)6)8-10(3)4/h9-11H,7-8H2,1-6H3. The van der Waals surface area contributed by atoms with E-state index in [1.165, 1.54) is 12.8 Å². The Hall–Kier alpha value is -0.0400. The lowest BCUT2D eigenvalue weighted by atomic mass is 9.95. The molecule has 0 aromatic carbocycles. The van der Waals surface area contributed by atoms with Crippen LogP contribution in [-0.2, 0) is 0 Å². The second-order valence-corrected chi connectivity index (χ2v) is 4.88. The van der Waals surface area contributed by atoms with Gasteiger partial charge in [0.05, 0.1) is 0 Å². The van der Waals surface area contributed by atoms with Crippen LogP contribution in [0.4, 0.5) is 0 Å². The van der Waals surface area contributed by atoms with Crippen molar-refractivity contribution in [3.8, 4) is 0 Å². The first kappa shape index (κ1) is 12.0. The molecule has 0 radical (unpaired) electrons. The Morgan fingerprint density at radius 1 is 0.833 bits per heavy atom. The molecule has 0 aromatic rings. The third-order valence-electron chi connectivity index (χ3n) is 2.22. The quantitative estimate of drug-likeness (QED) is 0.614. The highest BCUT2D eigenvalue weighted by atomic mass is 15.1. The van der Waals surface area contributed by atoms with Crippen molar-refractivity contribution < 1.29 is 0 Å². The van der Waals surface area contributed by atoms with Crippen molar-refractivity contribution in [2.75, 3.05) is 14.1 Å². The highest BCUT2D eigenvalue weighted by molar-refractivity contribution is 4.69. The predicted octanol–water partition coefficient (Wildman–Crippen LogP) is 3.01. The summed E-state index contributed by atoms with van der Waals surface area (Å²) in [4.78, 5) is 2.36. The van der Waals surface area contributed by atoms with Gasteiger partial charge in [0, 0.05) is 6.04 Å². The number of nitrogens with zero attached hydrogens (tertiary/aromatic N) is 1. The van der Waals surface area contributed by atoms with E-state index in [0.29, 0.717) is 0 Å². The molecule has 0 aromatic heterocycles. The van der Waals surface area contributed by atoms with Crippen molar-refractivity contribution >= 4 is 0 Å². The van der Waals surface area contributed by atoms with E-state index in [-0.39, 0.29) is 0 Å². The predicted molar refractivity (Wildman–Crippen MR) is 56.4 cm³/mol. The zero-order valence-electron chi connectivity index (χ0n) is 9.59. The molecule has 0 bridgehead atoms. The van der Waals surface area contributed by atoms with Crippen LogP contribution in [0.1, 0.15) is 40.5 Å². The number of hydrogen-bond donors (Lipinski definition) is 0. The minimum absolute atomic E-state index is 0.769. The highest BCUT2D eigenvalue weighted by Crippen LogP contribution is 2.16. The minimum atomic E-state index is 0.769. The van der Waals surface area contributed by atoms with Crippen LogP contribution in [-0.4, -0.2) is 25.0 Å². The summed E-state index contributed by atoms with van der Waals surface area (Å²) in [5.41, 5.74) is 0. The molecule has 0 amide bonds. The van der Waals surface area contributed by atoms with E-state index in [2.05, 4.69) is 46.7 Å². The molecule has 0 aliphatic carbocycles. The zero-order valence-corrected chi connectivity index (χ0v) is 9.59. The SMILES string of the molecule is CC(C)CC(CC(C)C)N(C)C. The molecule has 12 heavy (non-hydrogen) atoms. The van der Waals surface area contributed by atoms with Crippen LogP contribution in [0.15, 0.2) is 0 Å². The van der Waals surface area contributed by atoms with Gasteiger partial charge in [-0.25, -0.2) is 0 Å². The molecule has 0 saturated heterocycles.